The smallest absolute Gasteiger partial charge is 0.224 e. The molecular weight excluding hydrogens is 354 g/mol. The molecule has 2 N–H and O–H groups in total. The van der Waals surface area contributed by atoms with Crippen molar-refractivity contribution in [2.45, 2.75) is 43.8 Å². The Bertz CT molecular complexity index is 544. The predicted octanol–water partition coefficient (Wildman–Crippen LogP) is 2.98. The zero-order chi connectivity index (χ0) is 15.4. The maximum absolute atomic E-state index is 11.8. The van der Waals surface area contributed by atoms with Crippen molar-refractivity contribution in [1.29, 1.82) is 0 Å². The van der Waals surface area contributed by atoms with Gasteiger partial charge in [-0.15, -0.1) is 0 Å². The molecule has 1 amide bonds. The first-order valence-corrected chi connectivity index (χ1v) is 9.14. The van der Waals surface area contributed by atoms with E-state index in [4.69, 9.17) is 5.73 Å². The van der Waals surface area contributed by atoms with Gasteiger partial charge in [0.05, 0.1) is 5.92 Å². The summed E-state index contributed by atoms with van der Waals surface area (Å²) >= 11 is 1.25. The van der Waals surface area contributed by atoms with Gasteiger partial charge in [-0.2, -0.15) is 0 Å². The largest absolute Gasteiger partial charge is 0.772 e. The predicted molar refractivity (Wildman–Crippen MR) is 85.3 cm³/mol. The Hall–Kier alpha value is -0.720. The Balaban J connectivity index is 2.17. The fraction of sp³-hybridized carbons (Fsp3) is 0.533. The van der Waals surface area contributed by atoms with Crippen LogP contribution in [0.1, 0.15) is 49.1 Å². The fourth-order valence-electron chi connectivity index (χ4n) is 3.02. The molecule has 2 unspecified atom stereocenters. The van der Waals surface area contributed by atoms with Gasteiger partial charge in [0, 0.05) is 10.2 Å². The zero-order valence-corrected chi connectivity index (χ0v) is 14.1. The minimum Gasteiger partial charge on any atom is -0.772 e. The molecule has 0 saturated heterocycles. The molecule has 2 atom stereocenters. The number of amides is 1. The van der Waals surface area contributed by atoms with E-state index in [0.717, 1.165) is 24.8 Å². The second-order valence-corrected chi connectivity index (χ2v) is 7.39. The number of primary amides is 1. The number of halogens is 1. The lowest BCUT2D eigenvalue weighted by atomic mass is 9.87. The van der Waals surface area contributed by atoms with Crippen LogP contribution in [0.2, 0.25) is 0 Å². The average Bonchev–Trinajstić information content (AvgIpc) is 2.90. The highest BCUT2D eigenvalue weighted by Gasteiger charge is 2.25. The first-order valence-electron chi connectivity index (χ1n) is 7.11. The summed E-state index contributed by atoms with van der Waals surface area (Å²) in [5.74, 6) is -0.0784. The summed E-state index contributed by atoms with van der Waals surface area (Å²) in [4.78, 5) is 11.8. The molecule has 0 bridgehead atoms. The van der Waals surface area contributed by atoms with Crippen LogP contribution >= 0.6 is 15.9 Å². The van der Waals surface area contributed by atoms with Gasteiger partial charge in [-0.1, -0.05) is 64.8 Å². The Morgan fingerprint density at radius 2 is 2.10 bits per heavy atom. The Morgan fingerprint density at radius 1 is 1.43 bits per heavy atom. The minimum atomic E-state index is -2.13. The van der Waals surface area contributed by atoms with E-state index in [0.29, 0.717) is 16.0 Å². The molecule has 0 aliphatic heterocycles. The van der Waals surface area contributed by atoms with Crippen LogP contribution in [0.3, 0.4) is 0 Å². The third-order valence-electron chi connectivity index (χ3n) is 4.14. The summed E-state index contributed by atoms with van der Waals surface area (Å²) in [6.45, 7) is 0. The Labute approximate surface area is 135 Å². The van der Waals surface area contributed by atoms with Crippen LogP contribution in [0.5, 0.6) is 0 Å². The van der Waals surface area contributed by atoms with Crippen LogP contribution in [-0.4, -0.2) is 14.7 Å². The average molecular weight is 373 g/mol. The Kier molecular flexibility index (Phi) is 5.96. The summed E-state index contributed by atoms with van der Waals surface area (Å²) in [7, 11) is 0. The maximum atomic E-state index is 11.8. The van der Waals surface area contributed by atoms with Crippen LogP contribution < -0.4 is 5.73 Å². The molecule has 1 aliphatic carbocycles. The number of benzene rings is 1. The SMILES string of the molecule is NC(=O)C(CC1CCCC1)c1ccc(CS(=O)[O-])c(Br)c1. The third kappa shape index (κ3) is 4.63. The minimum absolute atomic E-state index is 0.0370. The van der Waals surface area contributed by atoms with Crippen molar-refractivity contribution in [1.82, 2.24) is 0 Å². The van der Waals surface area contributed by atoms with Crippen LogP contribution in [0, 0.1) is 5.92 Å². The van der Waals surface area contributed by atoms with Crippen molar-refractivity contribution in [3.05, 3.63) is 33.8 Å². The number of hydrogen-bond acceptors (Lipinski definition) is 3. The van der Waals surface area contributed by atoms with Crippen LogP contribution in [0.15, 0.2) is 22.7 Å². The van der Waals surface area contributed by atoms with Crippen molar-refractivity contribution in [3.63, 3.8) is 0 Å². The molecule has 21 heavy (non-hydrogen) atoms. The standard InChI is InChI=1S/C15H20BrNO3S/c16-14-8-11(5-6-12(14)9-21(19)20)13(15(17)18)7-10-3-1-2-4-10/h5-6,8,10,13H,1-4,7,9H2,(H2,17,18)(H,19,20)/p-1. The second-order valence-electron chi connectivity index (χ2n) is 5.64. The molecule has 0 spiro atoms. The summed E-state index contributed by atoms with van der Waals surface area (Å²) in [5.41, 5.74) is 7.12. The van der Waals surface area contributed by atoms with Crippen molar-refractivity contribution in [2.75, 3.05) is 0 Å². The van der Waals surface area contributed by atoms with E-state index in [1.165, 1.54) is 12.8 Å². The number of carbonyl (C=O) groups is 1. The molecule has 4 nitrogen and oxygen atoms in total. The molecule has 0 heterocycles. The van der Waals surface area contributed by atoms with Crippen molar-refractivity contribution in [3.8, 4) is 0 Å². The third-order valence-corrected chi connectivity index (χ3v) is 5.42. The van der Waals surface area contributed by atoms with Gasteiger partial charge in [0.1, 0.15) is 0 Å². The molecule has 1 aromatic rings. The van der Waals surface area contributed by atoms with Gasteiger partial charge in [0.2, 0.25) is 5.91 Å². The van der Waals surface area contributed by atoms with Crippen LogP contribution in [-0.2, 0) is 21.6 Å². The molecule has 1 fully saturated rings. The van der Waals surface area contributed by atoms with E-state index in [1.54, 1.807) is 6.07 Å². The van der Waals surface area contributed by atoms with E-state index >= 15 is 0 Å². The molecule has 116 valence electrons. The monoisotopic (exact) mass is 372 g/mol. The summed E-state index contributed by atoms with van der Waals surface area (Å²) in [5, 5.41) is 0. The van der Waals surface area contributed by atoms with Gasteiger partial charge in [-0.3, -0.25) is 9.00 Å². The van der Waals surface area contributed by atoms with Gasteiger partial charge in [0.15, 0.2) is 0 Å². The van der Waals surface area contributed by atoms with E-state index in [9.17, 15) is 13.6 Å². The quantitative estimate of drug-likeness (QED) is 0.778. The topological polar surface area (TPSA) is 83.2 Å². The summed E-state index contributed by atoms with van der Waals surface area (Å²) in [6.07, 6.45) is 5.58. The molecule has 6 heteroatoms. The lowest BCUT2D eigenvalue weighted by Crippen LogP contribution is -2.23. The normalized spacial score (nSPS) is 18.6. The van der Waals surface area contributed by atoms with Gasteiger partial charge >= 0.3 is 0 Å². The summed E-state index contributed by atoms with van der Waals surface area (Å²) < 4.78 is 22.3. The summed E-state index contributed by atoms with van der Waals surface area (Å²) in [6, 6.07) is 5.39. The Morgan fingerprint density at radius 3 is 2.62 bits per heavy atom. The fourth-order valence-corrected chi connectivity index (χ4v) is 4.25. The van der Waals surface area contributed by atoms with Crippen molar-refractivity contribution in [2.24, 2.45) is 11.7 Å². The number of rotatable bonds is 6. The molecule has 1 saturated carbocycles. The van der Waals surface area contributed by atoms with Crippen molar-refractivity contribution < 1.29 is 13.6 Å². The molecular formula is C15H19BrNO3S-. The number of nitrogens with two attached hydrogens (primary N) is 1. The highest BCUT2D eigenvalue weighted by atomic mass is 79.9. The van der Waals surface area contributed by atoms with Gasteiger partial charge in [-0.25, -0.2) is 0 Å². The first-order chi connectivity index (χ1) is 9.97. The lowest BCUT2D eigenvalue weighted by Gasteiger charge is -2.19. The highest BCUT2D eigenvalue weighted by molar-refractivity contribution is 9.10. The molecule has 1 aliphatic rings. The zero-order valence-electron chi connectivity index (χ0n) is 11.7. The van der Waals surface area contributed by atoms with Gasteiger partial charge in [0.25, 0.3) is 0 Å². The lowest BCUT2D eigenvalue weighted by molar-refractivity contribution is -0.119. The molecule has 2 rings (SSSR count). The van der Waals surface area contributed by atoms with Crippen LogP contribution in [0.25, 0.3) is 0 Å². The van der Waals surface area contributed by atoms with E-state index < -0.39 is 11.1 Å². The first kappa shape index (κ1) is 16.6. The number of carbonyl (C=O) groups excluding carboxylic acids is 1. The van der Waals surface area contributed by atoms with E-state index in [-0.39, 0.29) is 17.6 Å². The number of hydrogen-bond donors (Lipinski definition) is 1. The molecule has 0 aromatic heterocycles. The maximum Gasteiger partial charge on any atom is 0.224 e. The van der Waals surface area contributed by atoms with Gasteiger partial charge < -0.3 is 10.3 Å². The highest BCUT2D eigenvalue weighted by Crippen LogP contribution is 2.35. The van der Waals surface area contributed by atoms with Crippen LogP contribution in [0.4, 0.5) is 0 Å². The molecule has 0 radical (unpaired) electrons. The van der Waals surface area contributed by atoms with Gasteiger partial charge in [-0.05, 0) is 29.5 Å². The van der Waals surface area contributed by atoms with Crippen molar-refractivity contribution >= 4 is 32.9 Å². The van der Waals surface area contributed by atoms with E-state index in [1.807, 2.05) is 12.1 Å². The second kappa shape index (κ2) is 7.51. The van der Waals surface area contributed by atoms with E-state index in [2.05, 4.69) is 15.9 Å². The molecule has 1 aromatic carbocycles.